The highest BCUT2D eigenvalue weighted by atomic mass is 79.9. The fourth-order valence-corrected chi connectivity index (χ4v) is 3.07. The van der Waals surface area contributed by atoms with Crippen LogP contribution in [0.15, 0.2) is 16.6 Å². The van der Waals surface area contributed by atoms with Gasteiger partial charge in [0.2, 0.25) is 0 Å². The van der Waals surface area contributed by atoms with Crippen molar-refractivity contribution < 1.29 is 19.4 Å². The molecular formula is C14H17BrO4. The second-order valence-corrected chi connectivity index (χ2v) is 5.59. The molecule has 0 radical (unpaired) electrons. The summed E-state index contributed by atoms with van der Waals surface area (Å²) in [5, 5.41) is 9.12. The number of methoxy groups -OCH3 is 2. The number of carbonyl (C=O) groups is 1. The van der Waals surface area contributed by atoms with Crippen molar-refractivity contribution in [3.8, 4) is 11.5 Å². The lowest BCUT2D eigenvalue weighted by molar-refractivity contribution is -0.137. The van der Waals surface area contributed by atoms with Gasteiger partial charge in [-0.25, -0.2) is 0 Å². The van der Waals surface area contributed by atoms with Gasteiger partial charge >= 0.3 is 5.97 Å². The van der Waals surface area contributed by atoms with E-state index < -0.39 is 5.97 Å². The molecule has 0 aliphatic heterocycles. The number of carboxylic acid groups (broad SMARTS) is 1. The Hall–Kier alpha value is -1.23. The quantitative estimate of drug-likeness (QED) is 0.869. The highest BCUT2D eigenvalue weighted by Crippen LogP contribution is 2.51. The van der Waals surface area contributed by atoms with E-state index in [9.17, 15) is 4.79 Å². The van der Waals surface area contributed by atoms with Crippen LogP contribution in [-0.2, 0) is 4.79 Å². The minimum atomic E-state index is -0.784. The number of benzene rings is 1. The van der Waals surface area contributed by atoms with Crippen LogP contribution in [0, 0.1) is 5.92 Å². The first-order valence-corrected chi connectivity index (χ1v) is 7.00. The van der Waals surface area contributed by atoms with E-state index >= 15 is 0 Å². The summed E-state index contributed by atoms with van der Waals surface area (Å²) in [5.41, 5.74) is 0.909. The van der Waals surface area contributed by atoms with E-state index in [0.717, 1.165) is 22.9 Å². The Bertz CT molecular complexity index is 483. The van der Waals surface area contributed by atoms with Crippen molar-refractivity contribution in [2.45, 2.75) is 25.2 Å². The Kier molecular flexibility index (Phi) is 4.34. The average Bonchev–Trinajstić information content (AvgIpc) is 3.19. The van der Waals surface area contributed by atoms with E-state index in [-0.39, 0.29) is 12.3 Å². The van der Waals surface area contributed by atoms with Gasteiger partial charge < -0.3 is 14.6 Å². The molecule has 1 aromatic carbocycles. The van der Waals surface area contributed by atoms with E-state index in [4.69, 9.17) is 14.6 Å². The minimum Gasteiger partial charge on any atom is -0.493 e. The van der Waals surface area contributed by atoms with Gasteiger partial charge in [-0.2, -0.15) is 0 Å². The van der Waals surface area contributed by atoms with Crippen LogP contribution >= 0.6 is 15.9 Å². The van der Waals surface area contributed by atoms with Gasteiger partial charge in [0.15, 0.2) is 11.5 Å². The number of hydrogen-bond donors (Lipinski definition) is 1. The fourth-order valence-electron chi connectivity index (χ4n) is 2.46. The molecule has 0 heterocycles. The third-order valence-electron chi connectivity index (χ3n) is 3.49. The summed E-state index contributed by atoms with van der Waals surface area (Å²) in [6, 6.07) is 3.70. The van der Waals surface area contributed by atoms with Gasteiger partial charge in [-0.05, 0) is 30.9 Å². The molecule has 1 fully saturated rings. The molecule has 2 rings (SSSR count). The summed E-state index contributed by atoms with van der Waals surface area (Å²) in [4.78, 5) is 11.1. The number of ether oxygens (including phenoxy) is 2. The molecule has 19 heavy (non-hydrogen) atoms. The lowest BCUT2D eigenvalue weighted by atomic mass is 9.90. The third kappa shape index (κ3) is 3.03. The highest BCUT2D eigenvalue weighted by molar-refractivity contribution is 9.10. The van der Waals surface area contributed by atoms with Gasteiger partial charge in [0.05, 0.1) is 20.6 Å². The molecule has 1 atom stereocenters. The fraction of sp³-hybridized carbons (Fsp3) is 0.500. The average molecular weight is 329 g/mol. The molecule has 0 aromatic heterocycles. The van der Waals surface area contributed by atoms with Gasteiger partial charge in [-0.3, -0.25) is 4.79 Å². The van der Waals surface area contributed by atoms with Crippen LogP contribution in [0.1, 0.15) is 30.7 Å². The molecule has 0 bridgehead atoms. The molecule has 5 heteroatoms. The summed E-state index contributed by atoms with van der Waals surface area (Å²) in [5.74, 6) is 0.880. The van der Waals surface area contributed by atoms with Crippen LogP contribution in [0.3, 0.4) is 0 Å². The predicted molar refractivity (Wildman–Crippen MR) is 75.0 cm³/mol. The molecular weight excluding hydrogens is 312 g/mol. The van der Waals surface area contributed by atoms with Crippen LogP contribution in [0.2, 0.25) is 0 Å². The number of aliphatic carboxylic acids is 1. The lowest BCUT2D eigenvalue weighted by Crippen LogP contribution is -2.11. The van der Waals surface area contributed by atoms with Gasteiger partial charge in [-0.15, -0.1) is 0 Å². The smallest absolute Gasteiger partial charge is 0.303 e. The zero-order chi connectivity index (χ0) is 14.0. The Labute approximate surface area is 120 Å². The van der Waals surface area contributed by atoms with E-state index in [1.165, 1.54) is 0 Å². The zero-order valence-corrected chi connectivity index (χ0v) is 12.6. The zero-order valence-electron chi connectivity index (χ0n) is 11.0. The molecule has 104 valence electrons. The topological polar surface area (TPSA) is 55.8 Å². The van der Waals surface area contributed by atoms with Gasteiger partial charge in [0.1, 0.15) is 0 Å². The van der Waals surface area contributed by atoms with Gasteiger partial charge in [0, 0.05) is 16.0 Å². The number of carboxylic acids is 1. The van der Waals surface area contributed by atoms with Crippen LogP contribution < -0.4 is 9.47 Å². The summed E-state index contributed by atoms with van der Waals surface area (Å²) in [6.07, 6.45) is 2.27. The Balaban J connectivity index is 2.47. The molecule has 0 spiro atoms. The van der Waals surface area contributed by atoms with Gasteiger partial charge in [-0.1, -0.05) is 15.9 Å². The van der Waals surface area contributed by atoms with Crippen LogP contribution in [0.5, 0.6) is 11.5 Å². The first-order valence-electron chi connectivity index (χ1n) is 6.20. The number of rotatable bonds is 6. The third-order valence-corrected chi connectivity index (χ3v) is 4.18. The van der Waals surface area contributed by atoms with Crippen molar-refractivity contribution >= 4 is 21.9 Å². The summed E-state index contributed by atoms with van der Waals surface area (Å²) < 4.78 is 11.6. The molecule has 1 saturated carbocycles. The Morgan fingerprint density at radius 2 is 2.11 bits per heavy atom. The maximum absolute atomic E-state index is 11.1. The van der Waals surface area contributed by atoms with Crippen LogP contribution in [-0.4, -0.2) is 25.3 Å². The SMILES string of the molecule is COc1ccc(Br)c(C(CC(=O)O)C2CC2)c1OC. The van der Waals surface area contributed by atoms with Crippen LogP contribution in [0.25, 0.3) is 0 Å². The van der Waals surface area contributed by atoms with E-state index in [1.807, 2.05) is 12.1 Å². The molecule has 1 aliphatic carbocycles. The van der Waals surface area contributed by atoms with Crippen molar-refractivity contribution in [2.24, 2.45) is 5.92 Å². The molecule has 0 saturated heterocycles. The maximum atomic E-state index is 11.1. The normalized spacial score (nSPS) is 15.9. The van der Waals surface area contributed by atoms with Gasteiger partial charge in [0.25, 0.3) is 0 Å². The largest absolute Gasteiger partial charge is 0.493 e. The summed E-state index contributed by atoms with van der Waals surface area (Å²) in [7, 11) is 3.16. The van der Waals surface area contributed by atoms with Crippen molar-refractivity contribution in [1.29, 1.82) is 0 Å². The van der Waals surface area contributed by atoms with Crippen molar-refractivity contribution in [3.05, 3.63) is 22.2 Å². The Morgan fingerprint density at radius 1 is 1.42 bits per heavy atom. The molecule has 1 unspecified atom stereocenters. The summed E-state index contributed by atoms with van der Waals surface area (Å²) >= 11 is 3.51. The van der Waals surface area contributed by atoms with Crippen LogP contribution in [0.4, 0.5) is 0 Å². The highest BCUT2D eigenvalue weighted by Gasteiger charge is 2.37. The lowest BCUT2D eigenvalue weighted by Gasteiger charge is -2.21. The van der Waals surface area contributed by atoms with Crippen molar-refractivity contribution in [3.63, 3.8) is 0 Å². The second-order valence-electron chi connectivity index (χ2n) is 4.74. The van der Waals surface area contributed by atoms with E-state index in [2.05, 4.69) is 15.9 Å². The standard InChI is InChI=1S/C14H17BrO4/c1-18-11-6-5-10(15)13(14(11)19-2)9(7-12(16)17)8-3-4-8/h5-6,8-9H,3-4,7H2,1-2H3,(H,16,17). The minimum absolute atomic E-state index is 0.0306. The first-order chi connectivity index (χ1) is 9.08. The van der Waals surface area contributed by atoms with Crippen molar-refractivity contribution in [1.82, 2.24) is 0 Å². The molecule has 1 aromatic rings. The molecule has 1 N–H and O–H groups in total. The number of hydrogen-bond acceptors (Lipinski definition) is 3. The molecule has 1 aliphatic rings. The predicted octanol–water partition coefficient (Wildman–Crippen LogP) is 3.43. The molecule has 0 amide bonds. The molecule has 4 nitrogen and oxygen atoms in total. The van der Waals surface area contributed by atoms with Crippen molar-refractivity contribution in [2.75, 3.05) is 14.2 Å². The first kappa shape index (κ1) is 14.2. The van der Waals surface area contributed by atoms with E-state index in [0.29, 0.717) is 17.4 Å². The second kappa shape index (κ2) is 5.82. The Morgan fingerprint density at radius 3 is 2.58 bits per heavy atom. The maximum Gasteiger partial charge on any atom is 0.303 e. The summed E-state index contributed by atoms with van der Waals surface area (Å²) in [6.45, 7) is 0. The number of halogens is 1. The monoisotopic (exact) mass is 328 g/mol. The van der Waals surface area contributed by atoms with E-state index in [1.54, 1.807) is 14.2 Å².